The second kappa shape index (κ2) is 5.87. The Morgan fingerprint density at radius 2 is 2.36 bits per heavy atom. The highest BCUT2D eigenvalue weighted by Crippen LogP contribution is 2.02. The molecule has 0 radical (unpaired) electrons. The molecule has 0 spiro atoms. The third-order valence-electron chi connectivity index (χ3n) is 1.43. The maximum absolute atomic E-state index is 8.55. The van der Waals surface area contributed by atoms with Gasteiger partial charge in [-0.05, 0) is 20.3 Å². The molecular formula is C8H14N2O. The highest BCUT2D eigenvalue weighted by Gasteiger charge is 2.08. The summed E-state index contributed by atoms with van der Waals surface area (Å²) in [5.74, 6) is -0.262. The van der Waals surface area contributed by atoms with E-state index in [0.717, 1.165) is 0 Å². The van der Waals surface area contributed by atoms with Crippen LogP contribution in [0.1, 0.15) is 20.3 Å². The molecule has 0 bridgehead atoms. The number of ether oxygens (including phenoxy) is 1. The molecule has 0 aliphatic carbocycles. The second-order valence-electron chi connectivity index (χ2n) is 2.35. The number of rotatable bonds is 5. The first kappa shape index (κ1) is 10.1. The van der Waals surface area contributed by atoms with E-state index in [-0.39, 0.29) is 5.92 Å². The highest BCUT2D eigenvalue weighted by atomic mass is 16.5. The molecule has 0 aliphatic heterocycles. The fourth-order valence-corrected chi connectivity index (χ4v) is 0.723. The zero-order valence-corrected chi connectivity index (χ0v) is 7.05. The summed E-state index contributed by atoms with van der Waals surface area (Å²) in [6, 6.07) is 2.06. The first-order valence-corrected chi connectivity index (χ1v) is 3.74. The molecule has 0 saturated carbocycles. The largest absolute Gasteiger partial charge is 0.382 e. The minimum absolute atomic E-state index is 0.262. The van der Waals surface area contributed by atoms with Crippen molar-refractivity contribution in [3.63, 3.8) is 0 Å². The van der Waals surface area contributed by atoms with Crippen LogP contribution in [-0.4, -0.2) is 18.9 Å². The van der Waals surface area contributed by atoms with E-state index in [1.54, 1.807) is 6.92 Å². The van der Waals surface area contributed by atoms with E-state index in [0.29, 0.717) is 25.3 Å². The maximum atomic E-state index is 8.55. The first-order valence-electron chi connectivity index (χ1n) is 3.74. The van der Waals surface area contributed by atoms with Gasteiger partial charge >= 0.3 is 0 Å². The standard InChI is InChI=1S/C8H14N2O/c1-3-11-5-4-8(6-9)7(2)10/h8,10H,3-5H2,1-2H3. The lowest BCUT2D eigenvalue weighted by Crippen LogP contribution is -2.10. The normalized spacial score (nSPS) is 12.1. The van der Waals surface area contributed by atoms with Crippen molar-refractivity contribution >= 4 is 5.71 Å². The van der Waals surface area contributed by atoms with Crippen LogP contribution in [0, 0.1) is 22.7 Å². The van der Waals surface area contributed by atoms with Gasteiger partial charge in [0.2, 0.25) is 0 Å². The summed E-state index contributed by atoms with van der Waals surface area (Å²) >= 11 is 0. The Hall–Kier alpha value is -0.880. The molecule has 1 N–H and O–H groups in total. The molecular weight excluding hydrogens is 140 g/mol. The van der Waals surface area contributed by atoms with Gasteiger partial charge in [-0.3, -0.25) is 0 Å². The predicted molar refractivity (Wildman–Crippen MR) is 43.6 cm³/mol. The molecule has 1 atom stereocenters. The van der Waals surface area contributed by atoms with Crippen LogP contribution in [0.15, 0.2) is 0 Å². The van der Waals surface area contributed by atoms with Crippen LogP contribution in [0.2, 0.25) is 0 Å². The van der Waals surface area contributed by atoms with Crippen molar-refractivity contribution in [1.29, 1.82) is 10.7 Å². The highest BCUT2D eigenvalue weighted by molar-refractivity contribution is 5.83. The Kier molecular flexibility index (Phi) is 5.40. The summed E-state index contributed by atoms with van der Waals surface area (Å²) in [6.45, 7) is 4.82. The van der Waals surface area contributed by atoms with Gasteiger partial charge in [0.15, 0.2) is 0 Å². The summed E-state index contributed by atoms with van der Waals surface area (Å²) in [4.78, 5) is 0. The smallest absolute Gasteiger partial charge is 0.0857 e. The summed E-state index contributed by atoms with van der Waals surface area (Å²) in [7, 11) is 0. The first-order chi connectivity index (χ1) is 5.22. The Morgan fingerprint density at radius 1 is 1.73 bits per heavy atom. The number of nitriles is 1. The molecule has 0 aromatic heterocycles. The molecule has 0 amide bonds. The predicted octanol–water partition coefficient (Wildman–Crippen LogP) is 1.59. The number of hydrogen-bond donors (Lipinski definition) is 1. The molecule has 0 rings (SSSR count). The molecule has 0 aromatic rings. The van der Waals surface area contributed by atoms with Crippen LogP contribution in [0.25, 0.3) is 0 Å². The van der Waals surface area contributed by atoms with Crippen LogP contribution >= 0.6 is 0 Å². The van der Waals surface area contributed by atoms with Crippen LogP contribution in [0.3, 0.4) is 0 Å². The Balaban J connectivity index is 3.55. The Morgan fingerprint density at radius 3 is 2.73 bits per heavy atom. The summed E-state index contributed by atoms with van der Waals surface area (Å²) in [6.07, 6.45) is 0.639. The van der Waals surface area contributed by atoms with Gasteiger partial charge in [0, 0.05) is 18.9 Å². The van der Waals surface area contributed by atoms with E-state index in [1.165, 1.54) is 0 Å². The maximum Gasteiger partial charge on any atom is 0.0857 e. The Bertz CT molecular complexity index is 160. The van der Waals surface area contributed by atoms with Crippen LogP contribution in [-0.2, 0) is 4.74 Å². The summed E-state index contributed by atoms with van der Waals surface area (Å²) < 4.78 is 5.07. The van der Waals surface area contributed by atoms with Crippen molar-refractivity contribution in [2.45, 2.75) is 20.3 Å². The fourth-order valence-electron chi connectivity index (χ4n) is 0.723. The zero-order valence-electron chi connectivity index (χ0n) is 7.05. The van der Waals surface area contributed by atoms with E-state index >= 15 is 0 Å². The van der Waals surface area contributed by atoms with Gasteiger partial charge in [-0.15, -0.1) is 0 Å². The van der Waals surface area contributed by atoms with Gasteiger partial charge in [0.1, 0.15) is 0 Å². The Labute approximate surface area is 67.5 Å². The quantitative estimate of drug-likeness (QED) is 0.483. The second-order valence-corrected chi connectivity index (χ2v) is 2.35. The lowest BCUT2D eigenvalue weighted by Gasteiger charge is -2.05. The third kappa shape index (κ3) is 4.51. The van der Waals surface area contributed by atoms with Crippen LogP contribution in [0.5, 0.6) is 0 Å². The number of hydrogen-bond acceptors (Lipinski definition) is 3. The van der Waals surface area contributed by atoms with E-state index in [2.05, 4.69) is 6.07 Å². The molecule has 0 heterocycles. The molecule has 1 unspecified atom stereocenters. The van der Waals surface area contributed by atoms with Gasteiger partial charge in [-0.2, -0.15) is 5.26 Å². The van der Waals surface area contributed by atoms with E-state index in [1.807, 2.05) is 6.92 Å². The average molecular weight is 154 g/mol. The SMILES string of the molecule is CCOCCC(C#N)C(C)=N. The topological polar surface area (TPSA) is 56.9 Å². The summed E-state index contributed by atoms with van der Waals surface area (Å²) in [5, 5.41) is 15.8. The average Bonchev–Trinajstić information content (AvgIpc) is 1.97. The van der Waals surface area contributed by atoms with Crippen molar-refractivity contribution in [2.75, 3.05) is 13.2 Å². The van der Waals surface area contributed by atoms with Crippen LogP contribution < -0.4 is 0 Å². The zero-order chi connectivity index (χ0) is 8.69. The fraction of sp³-hybridized carbons (Fsp3) is 0.750. The minimum Gasteiger partial charge on any atom is -0.382 e. The van der Waals surface area contributed by atoms with Crippen LogP contribution in [0.4, 0.5) is 0 Å². The molecule has 3 heteroatoms. The van der Waals surface area contributed by atoms with E-state index < -0.39 is 0 Å². The van der Waals surface area contributed by atoms with Crippen molar-refractivity contribution < 1.29 is 4.74 Å². The van der Waals surface area contributed by atoms with Gasteiger partial charge in [-0.25, -0.2) is 0 Å². The summed E-state index contributed by atoms with van der Waals surface area (Å²) in [5.41, 5.74) is 0.423. The van der Waals surface area contributed by atoms with E-state index in [4.69, 9.17) is 15.4 Å². The number of nitrogens with one attached hydrogen (secondary N) is 1. The van der Waals surface area contributed by atoms with Gasteiger partial charge in [-0.1, -0.05) is 0 Å². The lowest BCUT2D eigenvalue weighted by molar-refractivity contribution is 0.142. The molecule has 62 valence electrons. The molecule has 0 saturated heterocycles. The molecule has 0 aromatic carbocycles. The minimum atomic E-state index is -0.262. The van der Waals surface area contributed by atoms with Crippen molar-refractivity contribution in [3.05, 3.63) is 0 Å². The van der Waals surface area contributed by atoms with Crippen molar-refractivity contribution in [3.8, 4) is 6.07 Å². The monoisotopic (exact) mass is 154 g/mol. The van der Waals surface area contributed by atoms with Gasteiger partial charge in [0.05, 0.1) is 12.0 Å². The van der Waals surface area contributed by atoms with E-state index in [9.17, 15) is 0 Å². The van der Waals surface area contributed by atoms with Gasteiger partial charge < -0.3 is 10.1 Å². The molecule has 3 nitrogen and oxygen atoms in total. The lowest BCUT2D eigenvalue weighted by atomic mass is 10.0. The number of nitrogens with zero attached hydrogens (tertiary/aromatic N) is 1. The third-order valence-corrected chi connectivity index (χ3v) is 1.43. The van der Waals surface area contributed by atoms with Gasteiger partial charge in [0.25, 0.3) is 0 Å². The molecule has 0 aliphatic rings. The van der Waals surface area contributed by atoms with Crippen molar-refractivity contribution in [1.82, 2.24) is 0 Å². The molecule has 0 fully saturated rings. The molecule has 11 heavy (non-hydrogen) atoms. The van der Waals surface area contributed by atoms with Crippen molar-refractivity contribution in [2.24, 2.45) is 5.92 Å².